The highest BCUT2D eigenvalue weighted by molar-refractivity contribution is 9.10. The van der Waals surface area contributed by atoms with Crippen molar-refractivity contribution in [2.45, 2.75) is 13.5 Å². The lowest BCUT2D eigenvalue weighted by atomic mass is 10.2. The number of halogens is 1. The third-order valence-electron chi connectivity index (χ3n) is 2.69. The van der Waals surface area contributed by atoms with Crippen LogP contribution in [0.1, 0.15) is 11.1 Å². The van der Waals surface area contributed by atoms with Crippen molar-refractivity contribution in [3.05, 3.63) is 58.2 Å². The highest BCUT2D eigenvalue weighted by Crippen LogP contribution is 2.26. The number of aryl methyl sites for hydroxylation is 1. The molecule has 0 saturated heterocycles. The van der Waals surface area contributed by atoms with Crippen LogP contribution >= 0.6 is 15.9 Å². The van der Waals surface area contributed by atoms with Crippen molar-refractivity contribution in [1.29, 1.82) is 0 Å². The zero-order valence-electron chi connectivity index (χ0n) is 10.0. The maximum atomic E-state index is 4.41. The second-order valence-electron chi connectivity index (χ2n) is 4.11. The molecule has 1 aromatic heterocycles. The summed E-state index contributed by atoms with van der Waals surface area (Å²) in [5, 5.41) is 0. The monoisotopic (exact) mass is 290 g/mol. The fraction of sp³-hybridized carbons (Fsp3) is 0.214. The molecule has 0 amide bonds. The third kappa shape index (κ3) is 2.86. The van der Waals surface area contributed by atoms with Crippen LogP contribution in [0.3, 0.4) is 0 Å². The summed E-state index contributed by atoms with van der Waals surface area (Å²) in [6.45, 7) is 2.93. The van der Waals surface area contributed by atoms with E-state index in [-0.39, 0.29) is 0 Å². The Balaban J connectivity index is 2.20. The minimum atomic E-state index is 0.857. The summed E-state index contributed by atoms with van der Waals surface area (Å²) < 4.78 is 1.07. The lowest BCUT2D eigenvalue weighted by Gasteiger charge is -2.20. The van der Waals surface area contributed by atoms with Gasteiger partial charge in [0.1, 0.15) is 5.82 Å². The quantitative estimate of drug-likeness (QED) is 0.855. The van der Waals surface area contributed by atoms with Gasteiger partial charge in [-0.15, -0.1) is 0 Å². The summed E-state index contributed by atoms with van der Waals surface area (Å²) in [6.07, 6.45) is 1.84. The molecule has 88 valence electrons. The fourth-order valence-electron chi connectivity index (χ4n) is 1.72. The zero-order valence-corrected chi connectivity index (χ0v) is 11.6. The Labute approximate surface area is 110 Å². The van der Waals surface area contributed by atoms with Crippen molar-refractivity contribution in [3.8, 4) is 0 Å². The van der Waals surface area contributed by atoms with Crippen LogP contribution in [-0.4, -0.2) is 12.0 Å². The molecular formula is C14H15BrN2. The zero-order chi connectivity index (χ0) is 12.3. The summed E-state index contributed by atoms with van der Waals surface area (Å²) >= 11 is 3.59. The minimum absolute atomic E-state index is 0.857. The van der Waals surface area contributed by atoms with Gasteiger partial charge >= 0.3 is 0 Å². The van der Waals surface area contributed by atoms with E-state index in [1.807, 2.05) is 18.3 Å². The van der Waals surface area contributed by atoms with E-state index >= 15 is 0 Å². The van der Waals surface area contributed by atoms with Crippen LogP contribution in [0.4, 0.5) is 5.82 Å². The molecule has 0 atom stereocenters. The summed E-state index contributed by atoms with van der Waals surface area (Å²) in [4.78, 5) is 6.56. The molecule has 0 aliphatic carbocycles. The summed E-state index contributed by atoms with van der Waals surface area (Å²) in [6, 6.07) is 12.4. The lowest BCUT2D eigenvalue weighted by Crippen LogP contribution is -2.18. The highest BCUT2D eigenvalue weighted by Gasteiger charge is 2.09. The van der Waals surface area contributed by atoms with Gasteiger partial charge in [-0.1, -0.05) is 30.3 Å². The number of benzene rings is 1. The molecule has 0 unspecified atom stereocenters. The predicted octanol–water partition coefficient (Wildman–Crippen LogP) is 3.79. The first-order valence-corrected chi connectivity index (χ1v) is 6.34. The molecule has 0 radical (unpaired) electrons. The smallest absolute Gasteiger partial charge is 0.143 e. The van der Waals surface area contributed by atoms with Gasteiger partial charge in [-0.05, 0) is 40.0 Å². The summed E-state index contributed by atoms with van der Waals surface area (Å²) in [7, 11) is 2.06. The molecule has 3 heteroatoms. The van der Waals surface area contributed by atoms with Crippen molar-refractivity contribution in [3.63, 3.8) is 0 Å². The van der Waals surface area contributed by atoms with Gasteiger partial charge in [-0.3, -0.25) is 0 Å². The largest absolute Gasteiger partial charge is 0.354 e. The molecule has 0 N–H and O–H groups in total. The fourth-order valence-corrected chi connectivity index (χ4v) is 2.26. The standard InChI is InChI=1S/C14H15BrN2/c1-11-8-9-16-14(13(11)15)17(2)10-12-6-4-3-5-7-12/h3-9H,10H2,1-2H3. The van der Waals surface area contributed by atoms with Crippen molar-refractivity contribution in [2.24, 2.45) is 0 Å². The maximum Gasteiger partial charge on any atom is 0.143 e. The van der Waals surface area contributed by atoms with Gasteiger partial charge in [0, 0.05) is 19.8 Å². The van der Waals surface area contributed by atoms with Crippen LogP contribution in [0.15, 0.2) is 47.1 Å². The highest BCUT2D eigenvalue weighted by atomic mass is 79.9. The number of anilines is 1. The van der Waals surface area contributed by atoms with Gasteiger partial charge in [-0.25, -0.2) is 4.98 Å². The van der Waals surface area contributed by atoms with Gasteiger partial charge < -0.3 is 4.90 Å². The Bertz CT molecular complexity index is 497. The van der Waals surface area contributed by atoms with E-state index in [1.165, 1.54) is 11.1 Å². The topological polar surface area (TPSA) is 16.1 Å². The molecule has 2 nitrogen and oxygen atoms in total. The van der Waals surface area contributed by atoms with Gasteiger partial charge in [0.25, 0.3) is 0 Å². The van der Waals surface area contributed by atoms with E-state index in [1.54, 1.807) is 0 Å². The molecule has 0 saturated carbocycles. The average Bonchev–Trinajstić information content (AvgIpc) is 2.34. The number of rotatable bonds is 3. The second kappa shape index (κ2) is 5.32. The first-order valence-electron chi connectivity index (χ1n) is 5.54. The molecular weight excluding hydrogens is 276 g/mol. The van der Waals surface area contributed by atoms with E-state index in [4.69, 9.17) is 0 Å². The van der Waals surface area contributed by atoms with Crippen LogP contribution in [0.2, 0.25) is 0 Å². The molecule has 0 spiro atoms. The summed E-state index contributed by atoms with van der Waals surface area (Å²) in [5.74, 6) is 0.980. The first-order chi connectivity index (χ1) is 8.18. The molecule has 0 aliphatic rings. The molecule has 1 aromatic carbocycles. The van der Waals surface area contributed by atoms with E-state index in [9.17, 15) is 0 Å². The first kappa shape index (κ1) is 12.1. The molecule has 2 aromatic rings. The normalized spacial score (nSPS) is 10.3. The van der Waals surface area contributed by atoms with Crippen LogP contribution in [0.25, 0.3) is 0 Å². The average molecular weight is 291 g/mol. The predicted molar refractivity (Wildman–Crippen MR) is 75.2 cm³/mol. The van der Waals surface area contributed by atoms with E-state index < -0.39 is 0 Å². The number of hydrogen-bond acceptors (Lipinski definition) is 2. The molecule has 1 heterocycles. The van der Waals surface area contributed by atoms with Crippen LogP contribution in [-0.2, 0) is 6.54 Å². The lowest BCUT2D eigenvalue weighted by molar-refractivity contribution is 0.892. The minimum Gasteiger partial charge on any atom is -0.354 e. The Morgan fingerprint density at radius 2 is 1.88 bits per heavy atom. The van der Waals surface area contributed by atoms with Crippen molar-refractivity contribution in [2.75, 3.05) is 11.9 Å². The molecule has 0 aliphatic heterocycles. The second-order valence-corrected chi connectivity index (χ2v) is 4.90. The van der Waals surface area contributed by atoms with Crippen molar-refractivity contribution in [1.82, 2.24) is 4.98 Å². The van der Waals surface area contributed by atoms with Crippen LogP contribution in [0, 0.1) is 6.92 Å². The Kier molecular flexibility index (Phi) is 3.79. The van der Waals surface area contributed by atoms with E-state index in [0.29, 0.717) is 0 Å². The molecule has 17 heavy (non-hydrogen) atoms. The Morgan fingerprint density at radius 1 is 1.18 bits per heavy atom. The van der Waals surface area contributed by atoms with Gasteiger partial charge in [-0.2, -0.15) is 0 Å². The number of nitrogens with zero attached hydrogens (tertiary/aromatic N) is 2. The Morgan fingerprint density at radius 3 is 2.59 bits per heavy atom. The maximum absolute atomic E-state index is 4.41. The molecule has 2 rings (SSSR count). The number of hydrogen-bond donors (Lipinski definition) is 0. The van der Waals surface area contributed by atoms with Gasteiger partial charge in [0.05, 0.1) is 4.47 Å². The number of pyridine rings is 1. The van der Waals surface area contributed by atoms with Gasteiger partial charge in [0.2, 0.25) is 0 Å². The SMILES string of the molecule is Cc1ccnc(N(C)Cc2ccccc2)c1Br. The molecule has 0 bridgehead atoms. The van der Waals surface area contributed by atoms with Crippen LogP contribution in [0.5, 0.6) is 0 Å². The van der Waals surface area contributed by atoms with E-state index in [0.717, 1.165) is 16.8 Å². The Hall–Kier alpha value is -1.35. The molecule has 0 fully saturated rings. The van der Waals surface area contributed by atoms with Crippen molar-refractivity contribution >= 4 is 21.7 Å². The number of aromatic nitrogens is 1. The summed E-state index contributed by atoms with van der Waals surface area (Å²) in [5.41, 5.74) is 2.49. The van der Waals surface area contributed by atoms with Gasteiger partial charge in [0.15, 0.2) is 0 Å². The van der Waals surface area contributed by atoms with E-state index in [2.05, 4.69) is 64.1 Å². The van der Waals surface area contributed by atoms with Crippen molar-refractivity contribution < 1.29 is 0 Å². The van der Waals surface area contributed by atoms with Crippen LogP contribution < -0.4 is 4.90 Å². The third-order valence-corrected chi connectivity index (χ3v) is 3.67.